The van der Waals surface area contributed by atoms with Gasteiger partial charge >= 0.3 is 6.18 Å². The molecule has 2 rings (SSSR count). The number of ether oxygens (including phenoxy) is 1. The zero-order valence-corrected chi connectivity index (χ0v) is 11.9. The Labute approximate surface area is 121 Å². The number of benzene rings is 1. The molecule has 0 saturated carbocycles. The van der Waals surface area contributed by atoms with Gasteiger partial charge in [0.1, 0.15) is 6.07 Å². The van der Waals surface area contributed by atoms with E-state index in [1.54, 1.807) is 0 Å². The summed E-state index contributed by atoms with van der Waals surface area (Å²) in [7, 11) is 0. The molecule has 1 saturated heterocycles. The molecular formula is C15H17F3N2O. The summed E-state index contributed by atoms with van der Waals surface area (Å²) in [5, 5.41) is 12.2. The van der Waals surface area contributed by atoms with Crippen molar-refractivity contribution in [1.29, 1.82) is 5.26 Å². The maximum absolute atomic E-state index is 12.7. The highest BCUT2D eigenvalue weighted by Crippen LogP contribution is 2.32. The third-order valence-corrected chi connectivity index (χ3v) is 3.52. The molecule has 0 bridgehead atoms. The first-order chi connectivity index (χ1) is 9.79. The lowest BCUT2D eigenvalue weighted by Gasteiger charge is -2.33. The Hall–Kier alpha value is -1.74. The van der Waals surface area contributed by atoms with E-state index in [1.807, 2.05) is 19.9 Å². The Bertz CT molecular complexity index is 541. The molecule has 1 aromatic carbocycles. The summed E-state index contributed by atoms with van der Waals surface area (Å²) in [4.78, 5) is 0. The Morgan fingerprint density at radius 1 is 1.24 bits per heavy atom. The molecule has 1 fully saturated rings. The number of nitrogens with one attached hydrogen (secondary N) is 1. The van der Waals surface area contributed by atoms with Gasteiger partial charge in [0.05, 0.1) is 29.0 Å². The third-order valence-electron chi connectivity index (χ3n) is 3.52. The number of hydrogen-bond acceptors (Lipinski definition) is 3. The Morgan fingerprint density at radius 2 is 1.86 bits per heavy atom. The third kappa shape index (κ3) is 3.88. The van der Waals surface area contributed by atoms with E-state index in [0.29, 0.717) is 5.69 Å². The van der Waals surface area contributed by atoms with Crippen LogP contribution in [-0.2, 0) is 10.9 Å². The highest BCUT2D eigenvalue weighted by Gasteiger charge is 2.31. The molecule has 3 nitrogen and oxygen atoms in total. The first-order valence-corrected chi connectivity index (χ1v) is 6.83. The number of alkyl halides is 3. The molecule has 1 aliphatic heterocycles. The van der Waals surface area contributed by atoms with Crippen molar-refractivity contribution in [2.45, 2.75) is 51.1 Å². The minimum Gasteiger partial charge on any atom is -0.381 e. The number of nitrogens with zero attached hydrogens (tertiary/aromatic N) is 1. The van der Waals surface area contributed by atoms with Crippen LogP contribution in [0, 0.1) is 11.3 Å². The van der Waals surface area contributed by atoms with E-state index in [-0.39, 0.29) is 23.8 Å². The molecule has 0 aromatic heterocycles. The zero-order valence-electron chi connectivity index (χ0n) is 11.9. The first kappa shape index (κ1) is 15.6. The van der Waals surface area contributed by atoms with Crippen LogP contribution < -0.4 is 5.32 Å². The molecule has 0 amide bonds. The fourth-order valence-corrected chi connectivity index (χ4v) is 2.68. The number of rotatable bonds is 2. The van der Waals surface area contributed by atoms with Gasteiger partial charge in [0.25, 0.3) is 0 Å². The molecule has 0 aliphatic carbocycles. The molecule has 1 aromatic rings. The van der Waals surface area contributed by atoms with Gasteiger partial charge in [-0.05, 0) is 44.9 Å². The van der Waals surface area contributed by atoms with Crippen LogP contribution in [0.15, 0.2) is 18.2 Å². The molecule has 2 unspecified atom stereocenters. The second-order valence-electron chi connectivity index (χ2n) is 5.44. The van der Waals surface area contributed by atoms with E-state index < -0.39 is 11.7 Å². The van der Waals surface area contributed by atoms with E-state index >= 15 is 0 Å². The monoisotopic (exact) mass is 298 g/mol. The molecule has 1 aliphatic rings. The quantitative estimate of drug-likeness (QED) is 0.899. The fourth-order valence-electron chi connectivity index (χ4n) is 2.68. The second kappa shape index (κ2) is 5.94. The van der Waals surface area contributed by atoms with E-state index in [9.17, 15) is 13.2 Å². The fraction of sp³-hybridized carbons (Fsp3) is 0.533. The summed E-state index contributed by atoms with van der Waals surface area (Å²) in [6, 6.07) is 5.12. The Balaban J connectivity index is 2.19. The summed E-state index contributed by atoms with van der Waals surface area (Å²) in [5.74, 6) is 0. The molecule has 21 heavy (non-hydrogen) atoms. The standard InChI is InChI=1S/C15H17F3N2O/c1-9-5-13(6-10(2)21-9)20-14-4-3-12(15(16,17)18)7-11(14)8-19/h3-4,7,9-10,13,20H,5-6H2,1-2H3. The van der Waals surface area contributed by atoms with Crippen LogP contribution in [-0.4, -0.2) is 18.2 Å². The highest BCUT2D eigenvalue weighted by molar-refractivity contribution is 5.59. The number of nitriles is 1. The van der Waals surface area contributed by atoms with Crippen LogP contribution in [0.5, 0.6) is 0 Å². The van der Waals surface area contributed by atoms with Gasteiger partial charge in [0, 0.05) is 6.04 Å². The largest absolute Gasteiger partial charge is 0.416 e. The summed E-state index contributed by atoms with van der Waals surface area (Å²) in [6.45, 7) is 3.92. The van der Waals surface area contributed by atoms with Crippen LogP contribution in [0.1, 0.15) is 37.8 Å². The first-order valence-electron chi connectivity index (χ1n) is 6.83. The maximum atomic E-state index is 12.7. The van der Waals surface area contributed by atoms with E-state index in [0.717, 1.165) is 25.0 Å². The minimum absolute atomic E-state index is 0.0108. The van der Waals surface area contributed by atoms with Gasteiger partial charge in [-0.15, -0.1) is 0 Å². The van der Waals surface area contributed by atoms with Crippen molar-refractivity contribution in [3.63, 3.8) is 0 Å². The van der Waals surface area contributed by atoms with Gasteiger partial charge in [0.15, 0.2) is 0 Å². The lowest BCUT2D eigenvalue weighted by atomic mass is 9.98. The van der Waals surface area contributed by atoms with Crippen LogP contribution in [0.4, 0.5) is 18.9 Å². The van der Waals surface area contributed by atoms with Crippen molar-refractivity contribution in [3.05, 3.63) is 29.3 Å². The van der Waals surface area contributed by atoms with Crippen molar-refractivity contribution >= 4 is 5.69 Å². The molecule has 1 N–H and O–H groups in total. The Morgan fingerprint density at radius 3 is 2.38 bits per heavy atom. The average molecular weight is 298 g/mol. The summed E-state index contributed by atoms with van der Waals surface area (Å²) >= 11 is 0. The van der Waals surface area contributed by atoms with Gasteiger partial charge < -0.3 is 10.1 Å². The number of halogens is 3. The summed E-state index contributed by atoms with van der Waals surface area (Å²) in [5.41, 5.74) is -0.355. The second-order valence-corrected chi connectivity index (χ2v) is 5.44. The van der Waals surface area contributed by atoms with Crippen molar-refractivity contribution in [1.82, 2.24) is 0 Å². The molecule has 1 heterocycles. The van der Waals surface area contributed by atoms with E-state index in [2.05, 4.69) is 5.32 Å². The molecular weight excluding hydrogens is 281 g/mol. The van der Waals surface area contributed by atoms with Crippen LogP contribution >= 0.6 is 0 Å². The summed E-state index contributed by atoms with van der Waals surface area (Å²) < 4.78 is 43.6. The topological polar surface area (TPSA) is 45.0 Å². The average Bonchev–Trinajstić information content (AvgIpc) is 2.36. The van der Waals surface area contributed by atoms with Crippen LogP contribution in [0.3, 0.4) is 0 Å². The van der Waals surface area contributed by atoms with Crippen molar-refractivity contribution in [2.75, 3.05) is 5.32 Å². The van der Waals surface area contributed by atoms with Crippen molar-refractivity contribution < 1.29 is 17.9 Å². The normalized spacial score (nSPS) is 26.2. The van der Waals surface area contributed by atoms with Gasteiger partial charge in [-0.25, -0.2) is 0 Å². The zero-order chi connectivity index (χ0) is 15.6. The lowest BCUT2D eigenvalue weighted by Crippen LogP contribution is -2.37. The lowest BCUT2D eigenvalue weighted by molar-refractivity contribution is -0.137. The summed E-state index contributed by atoms with van der Waals surface area (Å²) in [6.07, 6.45) is -2.74. The molecule has 2 atom stereocenters. The minimum atomic E-state index is -4.44. The predicted octanol–water partition coefficient (Wildman–Crippen LogP) is 3.94. The highest BCUT2D eigenvalue weighted by atomic mass is 19.4. The molecule has 0 spiro atoms. The van der Waals surface area contributed by atoms with E-state index in [1.165, 1.54) is 6.07 Å². The smallest absolute Gasteiger partial charge is 0.381 e. The van der Waals surface area contributed by atoms with Crippen molar-refractivity contribution in [3.8, 4) is 6.07 Å². The van der Waals surface area contributed by atoms with Gasteiger partial charge in [-0.1, -0.05) is 0 Å². The van der Waals surface area contributed by atoms with Gasteiger partial charge in [-0.2, -0.15) is 18.4 Å². The number of anilines is 1. The van der Waals surface area contributed by atoms with E-state index in [4.69, 9.17) is 10.00 Å². The van der Waals surface area contributed by atoms with Crippen LogP contribution in [0.2, 0.25) is 0 Å². The SMILES string of the molecule is CC1CC(Nc2ccc(C(F)(F)F)cc2C#N)CC(C)O1. The molecule has 0 radical (unpaired) electrons. The van der Waals surface area contributed by atoms with Crippen molar-refractivity contribution in [2.24, 2.45) is 0 Å². The maximum Gasteiger partial charge on any atom is 0.416 e. The van der Waals surface area contributed by atoms with Crippen LogP contribution in [0.25, 0.3) is 0 Å². The Kier molecular flexibility index (Phi) is 4.43. The predicted molar refractivity (Wildman–Crippen MR) is 72.8 cm³/mol. The van der Waals surface area contributed by atoms with Gasteiger partial charge in [-0.3, -0.25) is 0 Å². The number of hydrogen-bond donors (Lipinski definition) is 1. The molecule has 6 heteroatoms. The van der Waals surface area contributed by atoms with Gasteiger partial charge in [0.2, 0.25) is 0 Å². The molecule has 114 valence electrons.